The highest BCUT2D eigenvalue weighted by atomic mass is 16.2. The summed E-state index contributed by atoms with van der Waals surface area (Å²) >= 11 is 0. The Morgan fingerprint density at radius 3 is 2.96 bits per heavy atom. The van der Waals surface area contributed by atoms with E-state index in [1.165, 1.54) is 10.8 Å². The van der Waals surface area contributed by atoms with Crippen LogP contribution in [-0.4, -0.2) is 24.5 Å². The summed E-state index contributed by atoms with van der Waals surface area (Å²) in [7, 11) is 1.60. The Hall–Kier alpha value is -3.29. The zero-order chi connectivity index (χ0) is 18.1. The molecule has 1 aliphatic rings. The van der Waals surface area contributed by atoms with Crippen LogP contribution >= 0.6 is 0 Å². The van der Waals surface area contributed by atoms with E-state index in [-0.39, 0.29) is 6.54 Å². The van der Waals surface area contributed by atoms with E-state index in [1.54, 1.807) is 19.4 Å². The van der Waals surface area contributed by atoms with Crippen molar-refractivity contribution < 1.29 is 0 Å². The molecule has 0 fully saturated rings. The predicted molar refractivity (Wildman–Crippen MR) is 96.9 cm³/mol. The molecule has 26 heavy (non-hydrogen) atoms. The summed E-state index contributed by atoms with van der Waals surface area (Å²) in [4.78, 5) is 39.2. The Kier molecular flexibility index (Phi) is 4.08. The standard InChI is InChI=1S/C18H18N6O2/c1-24-10-12(17(25)23-18(24)26)9-20-16-13-5-2-6-14(13)21-15(22-16)11-4-3-7-19-8-11/h3-4,7-8,10H,2,5-6,9H2,1H3,(H,20,21,22)(H,23,25,26). The molecule has 0 aromatic carbocycles. The summed E-state index contributed by atoms with van der Waals surface area (Å²) in [5.41, 5.74) is 2.64. The van der Waals surface area contributed by atoms with E-state index >= 15 is 0 Å². The van der Waals surface area contributed by atoms with Crippen molar-refractivity contribution in [3.8, 4) is 11.4 Å². The minimum atomic E-state index is -0.430. The second-order valence-electron chi connectivity index (χ2n) is 6.29. The fraction of sp³-hybridized carbons (Fsp3) is 0.278. The van der Waals surface area contributed by atoms with Gasteiger partial charge in [-0.25, -0.2) is 14.8 Å². The molecule has 3 heterocycles. The largest absolute Gasteiger partial charge is 0.365 e. The Labute approximate surface area is 149 Å². The van der Waals surface area contributed by atoms with Gasteiger partial charge in [0.25, 0.3) is 5.56 Å². The van der Waals surface area contributed by atoms with Crippen LogP contribution in [-0.2, 0) is 26.4 Å². The second-order valence-corrected chi connectivity index (χ2v) is 6.29. The molecule has 0 aliphatic heterocycles. The van der Waals surface area contributed by atoms with Gasteiger partial charge in [0.05, 0.1) is 5.56 Å². The Morgan fingerprint density at radius 2 is 2.15 bits per heavy atom. The lowest BCUT2D eigenvalue weighted by atomic mass is 10.2. The molecule has 0 saturated heterocycles. The number of aromatic nitrogens is 5. The van der Waals surface area contributed by atoms with Gasteiger partial charge in [-0.05, 0) is 31.4 Å². The quantitative estimate of drug-likeness (QED) is 0.728. The Bertz CT molecular complexity index is 1070. The third-order valence-electron chi connectivity index (χ3n) is 4.48. The normalized spacial score (nSPS) is 12.8. The van der Waals surface area contributed by atoms with E-state index in [2.05, 4.69) is 25.3 Å². The van der Waals surface area contributed by atoms with E-state index in [9.17, 15) is 9.59 Å². The average molecular weight is 350 g/mol. The molecule has 2 N–H and O–H groups in total. The first-order chi connectivity index (χ1) is 12.6. The van der Waals surface area contributed by atoms with Crippen molar-refractivity contribution in [3.63, 3.8) is 0 Å². The molecular formula is C18H18N6O2. The summed E-state index contributed by atoms with van der Waals surface area (Å²) in [6.07, 6.45) is 7.85. The van der Waals surface area contributed by atoms with E-state index in [0.717, 1.165) is 41.9 Å². The van der Waals surface area contributed by atoms with Gasteiger partial charge in [0.2, 0.25) is 0 Å². The van der Waals surface area contributed by atoms with Gasteiger partial charge in [0.1, 0.15) is 5.82 Å². The van der Waals surface area contributed by atoms with E-state index in [4.69, 9.17) is 0 Å². The first kappa shape index (κ1) is 16.2. The van der Waals surface area contributed by atoms with Crippen molar-refractivity contribution in [1.82, 2.24) is 24.5 Å². The molecule has 0 saturated carbocycles. The van der Waals surface area contributed by atoms with E-state index in [1.807, 2.05) is 12.1 Å². The molecule has 0 bridgehead atoms. The molecule has 132 valence electrons. The maximum Gasteiger partial charge on any atom is 0.328 e. The van der Waals surface area contributed by atoms with Crippen LogP contribution in [0, 0.1) is 0 Å². The summed E-state index contributed by atoms with van der Waals surface area (Å²) < 4.78 is 1.35. The molecule has 8 nitrogen and oxygen atoms in total. The van der Waals surface area contributed by atoms with Crippen LogP contribution in [0.4, 0.5) is 5.82 Å². The van der Waals surface area contributed by atoms with Gasteiger partial charge in [-0.1, -0.05) is 0 Å². The number of anilines is 1. The first-order valence-electron chi connectivity index (χ1n) is 8.44. The number of rotatable bonds is 4. The highest BCUT2D eigenvalue weighted by Gasteiger charge is 2.20. The molecular weight excluding hydrogens is 332 g/mol. The number of fused-ring (bicyclic) bond motifs is 1. The van der Waals surface area contributed by atoms with Crippen LogP contribution in [0.5, 0.6) is 0 Å². The molecule has 0 unspecified atom stereocenters. The fourth-order valence-electron chi connectivity index (χ4n) is 3.12. The second kappa shape index (κ2) is 6.55. The average Bonchev–Trinajstić information content (AvgIpc) is 3.13. The predicted octanol–water partition coefficient (Wildman–Crippen LogP) is 1.03. The highest BCUT2D eigenvalue weighted by molar-refractivity contribution is 5.59. The summed E-state index contributed by atoms with van der Waals surface area (Å²) in [6, 6.07) is 3.77. The van der Waals surface area contributed by atoms with Crippen molar-refractivity contribution in [3.05, 3.63) is 68.4 Å². The first-order valence-corrected chi connectivity index (χ1v) is 8.44. The smallest absolute Gasteiger partial charge is 0.328 e. The van der Waals surface area contributed by atoms with Gasteiger partial charge in [0.15, 0.2) is 5.82 Å². The van der Waals surface area contributed by atoms with Crippen LogP contribution in [0.25, 0.3) is 11.4 Å². The summed E-state index contributed by atoms with van der Waals surface area (Å²) in [5, 5.41) is 3.25. The van der Waals surface area contributed by atoms with Gasteiger partial charge in [-0.3, -0.25) is 14.8 Å². The molecule has 0 atom stereocenters. The summed E-state index contributed by atoms with van der Waals surface area (Å²) in [5.74, 6) is 1.36. The third-order valence-corrected chi connectivity index (χ3v) is 4.48. The van der Waals surface area contributed by atoms with Gasteiger partial charge in [0, 0.05) is 49.0 Å². The van der Waals surface area contributed by atoms with E-state index in [0.29, 0.717) is 11.4 Å². The lowest BCUT2D eigenvalue weighted by molar-refractivity contribution is 0.778. The Balaban J connectivity index is 1.68. The van der Waals surface area contributed by atoms with Gasteiger partial charge < -0.3 is 9.88 Å². The van der Waals surface area contributed by atoms with Crippen LogP contribution in [0.3, 0.4) is 0 Å². The third kappa shape index (κ3) is 3.01. The fourth-order valence-corrected chi connectivity index (χ4v) is 3.12. The number of aryl methyl sites for hydroxylation is 2. The highest BCUT2D eigenvalue weighted by Crippen LogP contribution is 2.29. The van der Waals surface area contributed by atoms with Gasteiger partial charge in [-0.2, -0.15) is 0 Å². The van der Waals surface area contributed by atoms with Crippen LogP contribution < -0.4 is 16.6 Å². The minimum Gasteiger partial charge on any atom is -0.365 e. The molecule has 4 rings (SSSR count). The van der Waals surface area contributed by atoms with Crippen molar-refractivity contribution in [2.24, 2.45) is 7.05 Å². The molecule has 1 aliphatic carbocycles. The van der Waals surface area contributed by atoms with Gasteiger partial charge in [-0.15, -0.1) is 0 Å². The Morgan fingerprint density at radius 1 is 1.27 bits per heavy atom. The molecule has 8 heteroatoms. The monoisotopic (exact) mass is 350 g/mol. The lowest BCUT2D eigenvalue weighted by Crippen LogP contribution is -2.31. The number of H-pyrrole nitrogens is 1. The molecule has 0 radical (unpaired) electrons. The number of pyridine rings is 1. The minimum absolute atomic E-state index is 0.277. The maximum atomic E-state index is 12.0. The zero-order valence-corrected chi connectivity index (χ0v) is 14.3. The SMILES string of the molecule is Cn1cc(CNc2nc(-c3cccnc3)nc3c2CCC3)c(=O)[nH]c1=O. The number of hydrogen-bond acceptors (Lipinski definition) is 6. The molecule has 3 aromatic heterocycles. The van der Waals surface area contributed by atoms with Crippen molar-refractivity contribution in [1.29, 1.82) is 0 Å². The summed E-state index contributed by atoms with van der Waals surface area (Å²) in [6.45, 7) is 0.277. The molecule has 3 aromatic rings. The zero-order valence-electron chi connectivity index (χ0n) is 14.3. The van der Waals surface area contributed by atoms with Crippen LogP contribution in [0.2, 0.25) is 0 Å². The molecule has 0 spiro atoms. The number of hydrogen-bond donors (Lipinski definition) is 2. The van der Waals surface area contributed by atoms with Crippen LogP contribution in [0.15, 0.2) is 40.3 Å². The number of aromatic amines is 1. The lowest BCUT2D eigenvalue weighted by Gasteiger charge is -2.12. The topological polar surface area (TPSA) is 106 Å². The number of nitrogens with zero attached hydrogens (tertiary/aromatic N) is 4. The van der Waals surface area contributed by atoms with Gasteiger partial charge >= 0.3 is 5.69 Å². The molecule has 0 amide bonds. The van der Waals surface area contributed by atoms with Crippen molar-refractivity contribution >= 4 is 5.82 Å². The number of nitrogens with one attached hydrogen (secondary N) is 2. The van der Waals surface area contributed by atoms with Crippen molar-refractivity contribution in [2.45, 2.75) is 25.8 Å². The van der Waals surface area contributed by atoms with Crippen molar-refractivity contribution in [2.75, 3.05) is 5.32 Å². The maximum absolute atomic E-state index is 12.0. The van der Waals surface area contributed by atoms with Crippen LogP contribution in [0.1, 0.15) is 23.2 Å². The van der Waals surface area contributed by atoms with E-state index < -0.39 is 11.2 Å².